The highest BCUT2D eigenvalue weighted by Crippen LogP contribution is 2.33. The lowest BCUT2D eigenvalue weighted by Gasteiger charge is -2.31. The van der Waals surface area contributed by atoms with E-state index >= 15 is 0 Å². The fraction of sp³-hybridized carbons (Fsp3) is 0.500. The smallest absolute Gasteiger partial charge is 0.246 e. The Kier molecular flexibility index (Phi) is 6.53. The number of aromatic nitrogens is 2. The summed E-state index contributed by atoms with van der Waals surface area (Å²) in [6, 6.07) is 6.44. The zero-order chi connectivity index (χ0) is 22.3. The third-order valence-corrected chi connectivity index (χ3v) is 7.91. The number of rotatable bonds is 4. The molecule has 3 rings (SSSR count). The van der Waals surface area contributed by atoms with Gasteiger partial charge < -0.3 is 5.32 Å². The lowest BCUT2D eigenvalue weighted by Crippen LogP contribution is -2.41. The van der Waals surface area contributed by atoms with E-state index in [0.717, 1.165) is 5.69 Å². The van der Waals surface area contributed by atoms with E-state index in [1.165, 1.54) is 16.4 Å². The second kappa shape index (κ2) is 8.49. The number of halogens is 2. The van der Waals surface area contributed by atoms with Crippen LogP contribution >= 0.6 is 23.2 Å². The summed E-state index contributed by atoms with van der Waals surface area (Å²) in [5.74, 6) is 0.220. The van der Waals surface area contributed by atoms with Gasteiger partial charge in [-0.2, -0.15) is 9.40 Å². The molecule has 0 radical (unpaired) electrons. The van der Waals surface area contributed by atoms with Gasteiger partial charge in [0.15, 0.2) is 0 Å². The molecular formula is C20H26Cl2N4O3S. The fourth-order valence-electron chi connectivity index (χ4n) is 3.54. The maximum Gasteiger partial charge on any atom is 0.246 e. The number of nitrogens with one attached hydrogen (secondary N) is 1. The minimum absolute atomic E-state index is 0.0826. The highest BCUT2D eigenvalue weighted by molar-refractivity contribution is 7.89. The van der Waals surface area contributed by atoms with Crippen molar-refractivity contribution in [3.63, 3.8) is 0 Å². The average molecular weight is 473 g/mol. The molecule has 1 N–H and O–H groups in total. The molecule has 1 amide bonds. The number of carbonyl (C=O) groups excluding carboxylic acids is 1. The molecule has 1 aromatic carbocycles. The monoisotopic (exact) mass is 472 g/mol. The third-order valence-electron chi connectivity index (χ3n) is 5.06. The molecule has 7 nitrogen and oxygen atoms in total. The summed E-state index contributed by atoms with van der Waals surface area (Å²) in [4.78, 5) is 12.7. The molecule has 1 aliphatic rings. The van der Waals surface area contributed by atoms with Crippen LogP contribution in [0.5, 0.6) is 0 Å². The van der Waals surface area contributed by atoms with Crippen molar-refractivity contribution in [3.8, 4) is 0 Å². The molecule has 1 aromatic heterocycles. The Hall–Kier alpha value is -1.61. The summed E-state index contributed by atoms with van der Waals surface area (Å²) in [6.07, 6.45) is 0.825. The van der Waals surface area contributed by atoms with E-state index < -0.39 is 10.0 Å². The molecule has 0 atom stereocenters. The van der Waals surface area contributed by atoms with Gasteiger partial charge in [0, 0.05) is 25.1 Å². The Morgan fingerprint density at radius 3 is 2.27 bits per heavy atom. The minimum atomic E-state index is -3.83. The molecular weight excluding hydrogens is 447 g/mol. The van der Waals surface area contributed by atoms with Gasteiger partial charge in [-0.15, -0.1) is 0 Å². The highest BCUT2D eigenvalue weighted by Gasteiger charge is 2.35. The first kappa shape index (κ1) is 23.1. The van der Waals surface area contributed by atoms with Crippen molar-refractivity contribution in [2.24, 2.45) is 5.92 Å². The Balaban J connectivity index is 1.70. The van der Waals surface area contributed by atoms with Crippen LogP contribution in [-0.4, -0.2) is 41.5 Å². The molecule has 2 aromatic rings. The maximum absolute atomic E-state index is 13.0. The first-order valence-corrected chi connectivity index (χ1v) is 11.9. The van der Waals surface area contributed by atoms with E-state index in [1.54, 1.807) is 10.7 Å². The summed E-state index contributed by atoms with van der Waals surface area (Å²) in [5.41, 5.74) is 0.542. The zero-order valence-corrected chi connectivity index (χ0v) is 19.8. The van der Waals surface area contributed by atoms with Gasteiger partial charge >= 0.3 is 0 Å². The van der Waals surface area contributed by atoms with Crippen molar-refractivity contribution in [1.29, 1.82) is 0 Å². The van der Waals surface area contributed by atoms with Gasteiger partial charge in [0.2, 0.25) is 15.9 Å². The molecule has 0 spiro atoms. The Bertz CT molecular complexity index is 1030. The topological polar surface area (TPSA) is 84.3 Å². The second-order valence-corrected chi connectivity index (χ2v) is 11.2. The van der Waals surface area contributed by atoms with Crippen LogP contribution in [0.4, 0.5) is 5.82 Å². The number of aryl methyl sites for hydroxylation is 1. The number of nitrogens with zero attached hydrogens (tertiary/aromatic N) is 3. The number of benzene rings is 1. The van der Waals surface area contributed by atoms with Crippen LogP contribution in [0, 0.1) is 12.8 Å². The van der Waals surface area contributed by atoms with Gasteiger partial charge in [-0.05, 0) is 52.7 Å². The van der Waals surface area contributed by atoms with Crippen LogP contribution < -0.4 is 5.32 Å². The van der Waals surface area contributed by atoms with Crippen LogP contribution in [0.15, 0.2) is 29.2 Å². The van der Waals surface area contributed by atoms with Gasteiger partial charge in [0.1, 0.15) is 10.7 Å². The average Bonchev–Trinajstić information content (AvgIpc) is 3.02. The van der Waals surface area contributed by atoms with Crippen molar-refractivity contribution in [2.75, 3.05) is 18.4 Å². The first-order chi connectivity index (χ1) is 13.9. The van der Waals surface area contributed by atoms with Gasteiger partial charge in [0.05, 0.1) is 21.3 Å². The van der Waals surface area contributed by atoms with Crippen molar-refractivity contribution in [2.45, 2.75) is 51.0 Å². The Morgan fingerprint density at radius 1 is 1.17 bits per heavy atom. The number of anilines is 1. The lowest BCUT2D eigenvalue weighted by atomic mass is 9.97. The molecule has 1 fully saturated rings. The number of hydrogen-bond acceptors (Lipinski definition) is 4. The van der Waals surface area contributed by atoms with Crippen LogP contribution in [0.2, 0.25) is 10.0 Å². The highest BCUT2D eigenvalue weighted by atomic mass is 35.5. The molecule has 30 heavy (non-hydrogen) atoms. The van der Waals surface area contributed by atoms with Crippen LogP contribution in [0.25, 0.3) is 0 Å². The maximum atomic E-state index is 13.0. The van der Waals surface area contributed by atoms with Gasteiger partial charge in [-0.1, -0.05) is 29.3 Å². The van der Waals surface area contributed by atoms with Crippen LogP contribution in [-0.2, 0) is 20.4 Å². The second-order valence-electron chi connectivity index (χ2n) is 8.47. The van der Waals surface area contributed by atoms with Gasteiger partial charge in [0.25, 0.3) is 0 Å². The summed E-state index contributed by atoms with van der Waals surface area (Å²) in [7, 11) is -3.83. The van der Waals surface area contributed by atoms with Crippen LogP contribution in [0.3, 0.4) is 0 Å². The molecule has 1 aliphatic heterocycles. The normalized spacial score (nSPS) is 16.6. The number of carbonyl (C=O) groups is 1. The minimum Gasteiger partial charge on any atom is -0.311 e. The van der Waals surface area contributed by atoms with E-state index in [0.29, 0.717) is 18.7 Å². The summed E-state index contributed by atoms with van der Waals surface area (Å²) >= 11 is 12.2. The van der Waals surface area contributed by atoms with Gasteiger partial charge in [-0.3, -0.25) is 4.79 Å². The summed E-state index contributed by atoms with van der Waals surface area (Å²) in [6.45, 7) is 8.36. The lowest BCUT2D eigenvalue weighted by molar-refractivity contribution is -0.121. The van der Waals surface area contributed by atoms with E-state index in [9.17, 15) is 13.2 Å². The molecule has 10 heteroatoms. The predicted octanol–water partition coefficient (Wildman–Crippen LogP) is 4.29. The number of sulfonamides is 1. The van der Waals surface area contributed by atoms with Gasteiger partial charge in [-0.25, -0.2) is 13.1 Å². The summed E-state index contributed by atoms with van der Waals surface area (Å²) in [5, 5.41) is 7.61. The standard InChI is InChI=1S/C20H26Cl2N4O3S/c1-13-12-17(26(24-13)20(2,3)4)23-19(27)14-8-10-25(11-9-14)30(28,29)18-15(21)6-5-7-16(18)22/h5-7,12,14H,8-11H2,1-4H3,(H,23,27). The third kappa shape index (κ3) is 4.66. The molecule has 1 saturated heterocycles. The summed E-state index contributed by atoms with van der Waals surface area (Å²) < 4.78 is 29.1. The van der Waals surface area contributed by atoms with Crippen LogP contribution in [0.1, 0.15) is 39.3 Å². The quantitative estimate of drug-likeness (QED) is 0.718. The van der Waals surface area contributed by atoms with Crippen molar-refractivity contribution in [3.05, 3.63) is 40.0 Å². The number of hydrogen-bond donors (Lipinski definition) is 1. The number of amides is 1. The number of piperidine rings is 1. The van der Waals surface area contributed by atoms with Crippen molar-refractivity contribution < 1.29 is 13.2 Å². The van der Waals surface area contributed by atoms with E-state index in [2.05, 4.69) is 10.4 Å². The van der Waals surface area contributed by atoms with E-state index in [1.807, 2.05) is 33.8 Å². The molecule has 0 saturated carbocycles. The SMILES string of the molecule is Cc1cc(NC(=O)C2CCN(S(=O)(=O)c3c(Cl)cccc3Cl)CC2)n(C(C)(C)C)n1. The predicted molar refractivity (Wildman–Crippen MR) is 119 cm³/mol. The molecule has 0 unspecified atom stereocenters. The zero-order valence-electron chi connectivity index (χ0n) is 17.4. The first-order valence-electron chi connectivity index (χ1n) is 9.73. The molecule has 0 aliphatic carbocycles. The van der Waals surface area contributed by atoms with E-state index in [4.69, 9.17) is 23.2 Å². The molecule has 2 heterocycles. The molecule has 0 bridgehead atoms. The fourth-order valence-corrected chi connectivity index (χ4v) is 6.11. The Labute approximate surface area is 187 Å². The van der Waals surface area contributed by atoms with Crippen molar-refractivity contribution >= 4 is 45.0 Å². The van der Waals surface area contributed by atoms with Crippen molar-refractivity contribution in [1.82, 2.24) is 14.1 Å². The Morgan fingerprint density at radius 2 is 1.73 bits per heavy atom. The molecule has 164 valence electrons. The van der Waals surface area contributed by atoms with E-state index in [-0.39, 0.29) is 45.4 Å². The largest absolute Gasteiger partial charge is 0.311 e.